The molecule has 3 rings (SSSR count). The number of benzene rings is 2. The lowest BCUT2D eigenvalue weighted by Gasteiger charge is -2.08. The van der Waals surface area contributed by atoms with Gasteiger partial charge in [-0.15, -0.1) is 10.2 Å². The summed E-state index contributed by atoms with van der Waals surface area (Å²) in [6.07, 6.45) is 0. The molecule has 0 spiro atoms. The zero-order valence-electron chi connectivity index (χ0n) is 15.3. The van der Waals surface area contributed by atoms with E-state index in [2.05, 4.69) is 15.5 Å². The monoisotopic (exact) mass is 436 g/mol. The number of ether oxygens (including phenoxy) is 1. The molecular weight excluding hydrogens is 419 g/mol. The van der Waals surface area contributed by atoms with Gasteiger partial charge in [-0.1, -0.05) is 47.1 Å². The van der Waals surface area contributed by atoms with Gasteiger partial charge in [0.25, 0.3) is 0 Å². The summed E-state index contributed by atoms with van der Waals surface area (Å²) < 4.78 is 7.56. The van der Waals surface area contributed by atoms with E-state index < -0.39 is 0 Å². The van der Waals surface area contributed by atoms with Gasteiger partial charge in [0.05, 0.1) is 16.5 Å². The Bertz CT molecular complexity index is 994. The number of amides is 1. The van der Waals surface area contributed by atoms with Crippen molar-refractivity contribution in [3.05, 3.63) is 63.9 Å². The van der Waals surface area contributed by atoms with Gasteiger partial charge in [0.15, 0.2) is 11.0 Å². The van der Waals surface area contributed by atoms with Crippen LogP contribution in [0.15, 0.2) is 47.6 Å². The van der Waals surface area contributed by atoms with E-state index in [0.29, 0.717) is 32.5 Å². The number of carbonyl (C=O) groups excluding carboxylic acids is 1. The molecule has 0 unspecified atom stereocenters. The second kappa shape index (κ2) is 9.32. The van der Waals surface area contributed by atoms with Crippen molar-refractivity contribution in [3.8, 4) is 5.75 Å². The molecule has 0 atom stereocenters. The van der Waals surface area contributed by atoms with E-state index in [4.69, 9.17) is 27.9 Å². The number of nitrogens with one attached hydrogen (secondary N) is 1. The van der Waals surface area contributed by atoms with Crippen molar-refractivity contribution in [2.45, 2.75) is 18.7 Å². The Hall–Kier alpha value is -2.22. The van der Waals surface area contributed by atoms with Crippen LogP contribution in [0.2, 0.25) is 10.0 Å². The Balaban J connectivity index is 1.54. The average molecular weight is 437 g/mol. The van der Waals surface area contributed by atoms with Gasteiger partial charge in [0.2, 0.25) is 5.91 Å². The quantitative estimate of drug-likeness (QED) is 0.541. The lowest BCUT2D eigenvalue weighted by atomic mass is 10.2. The Labute approximate surface area is 177 Å². The molecule has 3 aromatic rings. The van der Waals surface area contributed by atoms with Crippen LogP contribution in [0.1, 0.15) is 11.4 Å². The van der Waals surface area contributed by atoms with E-state index in [9.17, 15) is 4.79 Å². The van der Waals surface area contributed by atoms with Crippen molar-refractivity contribution in [2.24, 2.45) is 7.05 Å². The number of aryl methyl sites for hydroxylation is 1. The fourth-order valence-corrected chi connectivity index (χ4v) is 3.36. The minimum absolute atomic E-state index is 0.171. The fraction of sp³-hybridized carbons (Fsp3) is 0.211. The molecule has 146 valence electrons. The molecule has 1 aromatic heterocycles. The minimum Gasteiger partial charge on any atom is -0.486 e. The molecule has 2 aromatic carbocycles. The SMILES string of the molecule is Cc1cc(OCc2nnc(SCC(=O)Nc3ccccc3Cl)n2C)ccc1Cl. The highest BCUT2D eigenvalue weighted by atomic mass is 35.5. The lowest BCUT2D eigenvalue weighted by molar-refractivity contribution is -0.113. The maximum Gasteiger partial charge on any atom is 0.234 e. The summed E-state index contributed by atoms with van der Waals surface area (Å²) in [6, 6.07) is 12.6. The number of para-hydroxylation sites is 1. The van der Waals surface area contributed by atoms with Crippen LogP contribution in [0, 0.1) is 6.92 Å². The molecule has 0 aliphatic carbocycles. The molecule has 1 N–H and O–H groups in total. The molecular formula is C19H18Cl2N4O2S. The lowest BCUT2D eigenvalue weighted by Crippen LogP contribution is -2.14. The summed E-state index contributed by atoms with van der Waals surface area (Å²) in [5.41, 5.74) is 1.53. The van der Waals surface area contributed by atoms with E-state index in [1.54, 1.807) is 34.9 Å². The molecule has 0 bridgehead atoms. The summed E-state index contributed by atoms with van der Waals surface area (Å²) >= 11 is 13.4. The first-order valence-electron chi connectivity index (χ1n) is 8.38. The first-order chi connectivity index (χ1) is 13.4. The third kappa shape index (κ3) is 5.19. The number of rotatable bonds is 7. The van der Waals surface area contributed by atoms with Crippen LogP contribution in [0.25, 0.3) is 0 Å². The van der Waals surface area contributed by atoms with Crippen LogP contribution in [0.3, 0.4) is 0 Å². The molecule has 1 amide bonds. The second-order valence-corrected chi connectivity index (χ2v) is 7.73. The maximum atomic E-state index is 12.1. The number of anilines is 1. The van der Waals surface area contributed by atoms with E-state index >= 15 is 0 Å². The number of thioether (sulfide) groups is 1. The van der Waals surface area contributed by atoms with E-state index in [1.807, 2.05) is 26.1 Å². The molecule has 0 aliphatic rings. The van der Waals surface area contributed by atoms with Crippen LogP contribution >= 0.6 is 35.0 Å². The summed E-state index contributed by atoms with van der Waals surface area (Å²) in [4.78, 5) is 12.1. The van der Waals surface area contributed by atoms with Gasteiger partial charge in [-0.25, -0.2) is 0 Å². The number of aromatic nitrogens is 3. The molecule has 0 aliphatic heterocycles. The van der Waals surface area contributed by atoms with Gasteiger partial charge in [-0.3, -0.25) is 4.79 Å². The molecule has 28 heavy (non-hydrogen) atoms. The van der Waals surface area contributed by atoms with Crippen molar-refractivity contribution in [1.82, 2.24) is 14.8 Å². The predicted molar refractivity (Wildman–Crippen MR) is 112 cm³/mol. The van der Waals surface area contributed by atoms with Crippen molar-refractivity contribution in [3.63, 3.8) is 0 Å². The van der Waals surface area contributed by atoms with Crippen molar-refractivity contribution in [1.29, 1.82) is 0 Å². The Kier molecular flexibility index (Phi) is 6.83. The molecule has 0 radical (unpaired) electrons. The largest absolute Gasteiger partial charge is 0.486 e. The molecule has 1 heterocycles. The smallest absolute Gasteiger partial charge is 0.234 e. The van der Waals surface area contributed by atoms with Crippen LogP contribution < -0.4 is 10.1 Å². The molecule has 9 heteroatoms. The van der Waals surface area contributed by atoms with Crippen molar-refractivity contribution in [2.75, 3.05) is 11.1 Å². The number of carbonyl (C=O) groups is 1. The third-order valence-electron chi connectivity index (χ3n) is 3.90. The van der Waals surface area contributed by atoms with Gasteiger partial charge < -0.3 is 14.6 Å². The Morgan fingerprint density at radius 2 is 1.96 bits per heavy atom. The van der Waals surface area contributed by atoms with E-state index in [-0.39, 0.29) is 18.3 Å². The van der Waals surface area contributed by atoms with Crippen molar-refractivity contribution < 1.29 is 9.53 Å². The molecule has 6 nitrogen and oxygen atoms in total. The summed E-state index contributed by atoms with van der Waals surface area (Å²) in [6.45, 7) is 2.18. The first-order valence-corrected chi connectivity index (χ1v) is 10.1. The normalized spacial score (nSPS) is 10.7. The molecule has 0 saturated heterocycles. The number of halogens is 2. The van der Waals surface area contributed by atoms with E-state index in [0.717, 1.165) is 5.56 Å². The van der Waals surface area contributed by atoms with Crippen LogP contribution in [-0.2, 0) is 18.4 Å². The summed E-state index contributed by atoms with van der Waals surface area (Å²) in [5, 5.41) is 12.9. The standard InChI is InChI=1S/C19H18Cl2N4O2S/c1-12-9-13(7-8-14(12)20)27-10-17-23-24-19(25(17)2)28-11-18(26)22-16-6-4-3-5-15(16)21/h3-9H,10-11H2,1-2H3,(H,22,26). The van der Waals surface area contributed by atoms with Gasteiger partial charge in [0.1, 0.15) is 12.4 Å². The Morgan fingerprint density at radius 3 is 2.71 bits per heavy atom. The Morgan fingerprint density at radius 1 is 1.18 bits per heavy atom. The zero-order chi connectivity index (χ0) is 20.1. The highest BCUT2D eigenvalue weighted by Crippen LogP contribution is 2.23. The van der Waals surface area contributed by atoms with E-state index in [1.165, 1.54) is 11.8 Å². The maximum absolute atomic E-state index is 12.1. The summed E-state index contributed by atoms with van der Waals surface area (Å²) in [5.74, 6) is 1.38. The topological polar surface area (TPSA) is 69.0 Å². The highest BCUT2D eigenvalue weighted by molar-refractivity contribution is 7.99. The average Bonchev–Trinajstić information content (AvgIpc) is 3.03. The number of hydrogen-bond acceptors (Lipinski definition) is 5. The zero-order valence-corrected chi connectivity index (χ0v) is 17.6. The number of nitrogens with zero attached hydrogens (tertiary/aromatic N) is 3. The molecule has 0 fully saturated rings. The van der Waals surface area contributed by atoms with Crippen LogP contribution in [0.4, 0.5) is 5.69 Å². The minimum atomic E-state index is -0.171. The van der Waals surface area contributed by atoms with Gasteiger partial charge >= 0.3 is 0 Å². The van der Waals surface area contributed by atoms with Crippen molar-refractivity contribution >= 4 is 46.6 Å². The van der Waals surface area contributed by atoms with Gasteiger partial charge in [-0.05, 0) is 42.8 Å². The predicted octanol–water partition coefficient (Wildman–Crippen LogP) is 4.74. The van der Waals surface area contributed by atoms with Crippen LogP contribution in [-0.4, -0.2) is 26.4 Å². The van der Waals surface area contributed by atoms with Gasteiger partial charge in [-0.2, -0.15) is 0 Å². The highest BCUT2D eigenvalue weighted by Gasteiger charge is 2.13. The molecule has 0 saturated carbocycles. The fourth-order valence-electron chi connectivity index (χ4n) is 2.33. The van der Waals surface area contributed by atoms with Crippen LogP contribution in [0.5, 0.6) is 5.75 Å². The second-order valence-electron chi connectivity index (χ2n) is 5.97. The number of hydrogen-bond donors (Lipinski definition) is 1. The first kappa shape index (κ1) is 20.5. The van der Waals surface area contributed by atoms with Gasteiger partial charge in [0, 0.05) is 12.1 Å². The third-order valence-corrected chi connectivity index (χ3v) is 5.68. The summed E-state index contributed by atoms with van der Waals surface area (Å²) in [7, 11) is 1.83.